The number of nitrogens with one attached hydrogen (secondary N) is 2. The Morgan fingerprint density at radius 3 is 2.73 bits per heavy atom. The molecule has 1 aromatic heterocycles. The number of nitrogens with zero attached hydrogens (tertiary/aromatic N) is 1. The van der Waals surface area contributed by atoms with Crippen LogP contribution in [0.5, 0.6) is 11.5 Å². The van der Waals surface area contributed by atoms with Gasteiger partial charge in [-0.25, -0.2) is 0 Å². The molecule has 0 radical (unpaired) electrons. The molecule has 0 fully saturated rings. The molecule has 0 atom stereocenters. The van der Waals surface area contributed by atoms with E-state index >= 15 is 0 Å². The smallest absolute Gasteiger partial charge is 0.243 e. The quantitative estimate of drug-likeness (QED) is 0.629. The van der Waals surface area contributed by atoms with Crippen LogP contribution in [0.2, 0.25) is 5.02 Å². The van der Waals surface area contributed by atoms with Crippen molar-refractivity contribution in [3.63, 3.8) is 0 Å². The first-order chi connectivity index (χ1) is 14.5. The van der Waals surface area contributed by atoms with Gasteiger partial charge in [0.15, 0.2) is 11.5 Å². The number of aromatic amines is 1. The van der Waals surface area contributed by atoms with E-state index in [1.807, 2.05) is 25.3 Å². The summed E-state index contributed by atoms with van der Waals surface area (Å²) in [6.07, 6.45) is 2.01. The number of aromatic nitrogens is 1. The van der Waals surface area contributed by atoms with Crippen molar-refractivity contribution in [2.75, 3.05) is 31.6 Å². The summed E-state index contributed by atoms with van der Waals surface area (Å²) in [6, 6.07) is 10.7. The van der Waals surface area contributed by atoms with Gasteiger partial charge in [-0.1, -0.05) is 17.7 Å². The Hall–Kier alpha value is -3.19. The van der Waals surface area contributed by atoms with E-state index in [1.54, 1.807) is 24.3 Å². The van der Waals surface area contributed by atoms with E-state index in [0.29, 0.717) is 42.0 Å². The van der Waals surface area contributed by atoms with Crippen LogP contribution in [0.25, 0.3) is 10.9 Å². The number of carbonyl (C=O) groups is 2. The van der Waals surface area contributed by atoms with Crippen LogP contribution in [-0.4, -0.2) is 48.0 Å². The third kappa shape index (κ3) is 4.36. The summed E-state index contributed by atoms with van der Waals surface area (Å²) in [4.78, 5) is 30.0. The van der Waals surface area contributed by atoms with E-state index in [2.05, 4.69) is 10.3 Å². The van der Waals surface area contributed by atoms with Crippen LogP contribution in [0.3, 0.4) is 0 Å². The molecule has 3 aromatic rings. The number of amides is 2. The predicted molar refractivity (Wildman–Crippen MR) is 115 cm³/mol. The van der Waals surface area contributed by atoms with Crippen molar-refractivity contribution in [2.45, 2.75) is 13.3 Å². The lowest BCUT2D eigenvalue weighted by molar-refractivity contribution is -0.133. The summed E-state index contributed by atoms with van der Waals surface area (Å²) in [5.41, 5.74) is 2.35. The Labute approximate surface area is 178 Å². The molecule has 2 aromatic carbocycles. The number of rotatable bonds is 6. The molecule has 156 valence electrons. The van der Waals surface area contributed by atoms with E-state index < -0.39 is 0 Å². The number of H-pyrrole nitrogens is 1. The Bertz CT molecular complexity index is 1100. The third-order valence-corrected chi connectivity index (χ3v) is 5.20. The van der Waals surface area contributed by atoms with E-state index in [-0.39, 0.29) is 24.8 Å². The van der Waals surface area contributed by atoms with Gasteiger partial charge in [0, 0.05) is 40.4 Å². The molecular formula is C22H22ClN3O4. The highest BCUT2D eigenvalue weighted by Crippen LogP contribution is 2.32. The van der Waals surface area contributed by atoms with Crippen molar-refractivity contribution in [1.29, 1.82) is 0 Å². The minimum Gasteiger partial charge on any atom is -0.486 e. The molecule has 7 nitrogen and oxygen atoms in total. The second kappa shape index (κ2) is 8.67. The molecule has 1 aliphatic heterocycles. The maximum atomic E-state index is 12.8. The lowest BCUT2D eigenvalue weighted by Crippen LogP contribution is -2.38. The first-order valence-electron chi connectivity index (χ1n) is 9.76. The number of fused-ring (bicyclic) bond motifs is 2. The van der Waals surface area contributed by atoms with Gasteiger partial charge in [0.2, 0.25) is 11.8 Å². The largest absolute Gasteiger partial charge is 0.486 e. The molecule has 2 N–H and O–H groups in total. The second-order valence-corrected chi connectivity index (χ2v) is 7.43. The fourth-order valence-electron chi connectivity index (χ4n) is 3.45. The normalized spacial score (nSPS) is 12.6. The molecule has 4 rings (SSSR count). The molecular weight excluding hydrogens is 406 g/mol. The molecule has 2 heterocycles. The fourth-order valence-corrected chi connectivity index (χ4v) is 3.62. The molecule has 1 aliphatic rings. The first-order valence-corrected chi connectivity index (χ1v) is 10.1. The highest BCUT2D eigenvalue weighted by atomic mass is 35.5. The minimum absolute atomic E-state index is 0.0298. The highest BCUT2D eigenvalue weighted by Gasteiger charge is 2.19. The van der Waals surface area contributed by atoms with Gasteiger partial charge in [-0.05, 0) is 36.8 Å². The van der Waals surface area contributed by atoms with Crippen LogP contribution in [0.15, 0.2) is 42.6 Å². The van der Waals surface area contributed by atoms with Crippen LogP contribution in [-0.2, 0) is 16.0 Å². The Kier molecular flexibility index (Phi) is 5.81. The van der Waals surface area contributed by atoms with Gasteiger partial charge in [-0.2, -0.15) is 0 Å². The van der Waals surface area contributed by atoms with Crippen molar-refractivity contribution in [3.8, 4) is 11.5 Å². The monoisotopic (exact) mass is 427 g/mol. The lowest BCUT2D eigenvalue weighted by Gasteiger charge is -2.21. The zero-order chi connectivity index (χ0) is 21.1. The molecule has 0 unspecified atom stereocenters. The summed E-state index contributed by atoms with van der Waals surface area (Å²) in [6.45, 7) is 3.24. The van der Waals surface area contributed by atoms with Crippen molar-refractivity contribution < 1.29 is 19.1 Å². The molecule has 0 saturated heterocycles. The maximum absolute atomic E-state index is 12.8. The number of halogens is 1. The molecule has 0 spiro atoms. The average Bonchev–Trinajstić information content (AvgIpc) is 3.13. The number of likely N-dealkylation sites (N-methyl/N-ethyl adjacent to an activating group) is 1. The fraction of sp³-hybridized carbons (Fsp3) is 0.273. The van der Waals surface area contributed by atoms with E-state index in [0.717, 1.165) is 16.5 Å². The number of benzene rings is 2. The number of anilines is 1. The SMILES string of the molecule is CCN(CC(=O)Nc1ccc2c(c1)OCCO2)C(=O)Cc1c[nH]c2cc(Cl)ccc12. The molecule has 8 heteroatoms. The number of hydrogen-bond acceptors (Lipinski definition) is 4. The van der Waals surface area contributed by atoms with Gasteiger partial charge in [0.1, 0.15) is 13.2 Å². The Morgan fingerprint density at radius 2 is 1.93 bits per heavy atom. The van der Waals surface area contributed by atoms with Crippen molar-refractivity contribution in [2.24, 2.45) is 0 Å². The van der Waals surface area contributed by atoms with Crippen molar-refractivity contribution >= 4 is 40.0 Å². The summed E-state index contributed by atoms with van der Waals surface area (Å²) >= 11 is 6.02. The number of ether oxygens (including phenoxy) is 2. The zero-order valence-corrected chi connectivity index (χ0v) is 17.3. The van der Waals surface area contributed by atoms with Gasteiger partial charge < -0.3 is 24.7 Å². The van der Waals surface area contributed by atoms with Crippen molar-refractivity contribution in [1.82, 2.24) is 9.88 Å². The first kappa shape index (κ1) is 20.1. The molecule has 0 bridgehead atoms. The summed E-state index contributed by atoms with van der Waals surface area (Å²) in [7, 11) is 0. The van der Waals surface area contributed by atoms with Crippen LogP contribution in [0, 0.1) is 0 Å². The van der Waals surface area contributed by atoms with E-state index in [1.165, 1.54) is 4.90 Å². The molecule has 2 amide bonds. The molecule has 0 saturated carbocycles. The summed E-state index contributed by atoms with van der Waals surface area (Å²) < 4.78 is 11.0. The summed E-state index contributed by atoms with van der Waals surface area (Å²) in [5.74, 6) is 0.866. The lowest BCUT2D eigenvalue weighted by atomic mass is 10.1. The van der Waals surface area contributed by atoms with Gasteiger partial charge in [-0.3, -0.25) is 9.59 Å². The third-order valence-electron chi connectivity index (χ3n) is 4.97. The van der Waals surface area contributed by atoms with Crippen molar-refractivity contribution in [3.05, 3.63) is 53.2 Å². The predicted octanol–water partition coefficient (Wildman–Crippen LogP) is 3.62. The zero-order valence-electron chi connectivity index (χ0n) is 16.5. The Balaban J connectivity index is 1.39. The van der Waals surface area contributed by atoms with Crippen LogP contribution in [0.1, 0.15) is 12.5 Å². The Morgan fingerprint density at radius 1 is 1.13 bits per heavy atom. The maximum Gasteiger partial charge on any atom is 0.243 e. The number of hydrogen-bond donors (Lipinski definition) is 2. The topological polar surface area (TPSA) is 83.7 Å². The van der Waals surface area contributed by atoms with Gasteiger partial charge in [-0.15, -0.1) is 0 Å². The van der Waals surface area contributed by atoms with Gasteiger partial charge >= 0.3 is 0 Å². The molecule has 0 aliphatic carbocycles. The van der Waals surface area contributed by atoms with Crippen LogP contribution >= 0.6 is 11.6 Å². The van der Waals surface area contributed by atoms with E-state index in [4.69, 9.17) is 21.1 Å². The standard InChI is InChI=1S/C22H22ClN3O4/c1-2-26(22(28)9-14-12-24-18-10-15(23)3-5-17(14)18)13-21(27)25-16-4-6-19-20(11-16)30-8-7-29-19/h3-6,10-12,24H,2,7-9,13H2,1H3,(H,25,27). The highest BCUT2D eigenvalue weighted by molar-refractivity contribution is 6.31. The summed E-state index contributed by atoms with van der Waals surface area (Å²) in [5, 5.41) is 4.40. The second-order valence-electron chi connectivity index (χ2n) is 7.00. The van der Waals surface area contributed by atoms with Crippen LogP contribution in [0.4, 0.5) is 5.69 Å². The van der Waals surface area contributed by atoms with Gasteiger partial charge in [0.25, 0.3) is 0 Å². The van der Waals surface area contributed by atoms with Gasteiger partial charge in [0.05, 0.1) is 13.0 Å². The van der Waals surface area contributed by atoms with Crippen LogP contribution < -0.4 is 14.8 Å². The number of carbonyl (C=O) groups excluding carboxylic acids is 2. The molecule has 30 heavy (non-hydrogen) atoms. The average molecular weight is 428 g/mol. The minimum atomic E-state index is -0.271. The van der Waals surface area contributed by atoms with E-state index in [9.17, 15) is 9.59 Å².